The summed E-state index contributed by atoms with van der Waals surface area (Å²) >= 11 is 4.74. The van der Waals surface area contributed by atoms with Gasteiger partial charge in [0.15, 0.2) is 0 Å². The third kappa shape index (κ3) is 3.19. The maximum atomic E-state index is 12.8. The minimum Gasteiger partial charge on any atom is -0.418 e. The Morgan fingerprint density at radius 3 is 2.61 bits per heavy atom. The first-order valence-corrected chi connectivity index (χ1v) is 9.97. The fourth-order valence-electron chi connectivity index (χ4n) is 1.99. The lowest BCUT2D eigenvalue weighted by molar-refractivity contribution is 0.579. The van der Waals surface area contributed by atoms with Gasteiger partial charge in [-0.15, -0.1) is 11.3 Å². The standard InChI is InChI=1S/C15H13BrN2O3S2/c1-2-17-14-15(18-13(21-14)12-4-3-9-22-12)23(19,20)11-7-5-10(16)6-8-11/h3-9,17H,2H2,1H3. The van der Waals surface area contributed by atoms with Crippen LogP contribution in [0.1, 0.15) is 6.92 Å². The minimum atomic E-state index is -3.76. The maximum absolute atomic E-state index is 12.8. The number of aromatic nitrogens is 1. The Morgan fingerprint density at radius 1 is 1.26 bits per heavy atom. The Hall–Kier alpha value is -1.64. The van der Waals surface area contributed by atoms with E-state index >= 15 is 0 Å². The molecule has 0 unspecified atom stereocenters. The van der Waals surface area contributed by atoms with E-state index in [1.165, 1.54) is 23.5 Å². The molecule has 0 spiro atoms. The van der Waals surface area contributed by atoms with Crippen molar-refractivity contribution in [3.05, 3.63) is 46.3 Å². The molecular formula is C15H13BrN2O3S2. The zero-order valence-corrected chi connectivity index (χ0v) is 15.3. The summed E-state index contributed by atoms with van der Waals surface area (Å²) in [6, 6.07) is 10.1. The van der Waals surface area contributed by atoms with Crippen molar-refractivity contribution in [2.24, 2.45) is 0 Å². The highest BCUT2D eigenvalue weighted by atomic mass is 79.9. The van der Waals surface area contributed by atoms with Crippen molar-refractivity contribution in [1.29, 1.82) is 0 Å². The minimum absolute atomic E-state index is 0.0925. The molecule has 0 saturated heterocycles. The van der Waals surface area contributed by atoms with Crippen LogP contribution in [-0.4, -0.2) is 19.9 Å². The number of hydrogen-bond acceptors (Lipinski definition) is 6. The molecule has 0 bridgehead atoms. The summed E-state index contributed by atoms with van der Waals surface area (Å²) in [4.78, 5) is 5.17. The fourth-order valence-corrected chi connectivity index (χ4v) is 4.18. The smallest absolute Gasteiger partial charge is 0.240 e. The molecule has 0 radical (unpaired) electrons. The lowest BCUT2D eigenvalue weighted by atomic mass is 10.4. The highest BCUT2D eigenvalue weighted by Crippen LogP contribution is 2.34. The summed E-state index contributed by atoms with van der Waals surface area (Å²) in [5, 5.41) is 4.72. The number of rotatable bonds is 5. The molecule has 8 heteroatoms. The van der Waals surface area contributed by atoms with Crippen molar-refractivity contribution < 1.29 is 12.8 Å². The zero-order valence-electron chi connectivity index (χ0n) is 12.1. The lowest BCUT2D eigenvalue weighted by Gasteiger charge is -2.04. The Morgan fingerprint density at radius 2 is 2.00 bits per heavy atom. The molecule has 23 heavy (non-hydrogen) atoms. The number of nitrogens with zero attached hydrogens (tertiary/aromatic N) is 1. The number of anilines is 1. The van der Waals surface area contributed by atoms with Crippen molar-refractivity contribution in [2.75, 3.05) is 11.9 Å². The van der Waals surface area contributed by atoms with Crippen LogP contribution in [0.2, 0.25) is 0 Å². The monoisotopic (exact) mass is 412 g/mol. The molecule has 0 amide bonds. The van der Waals surface area contributed by atoms with Gasteiger partial charge in [0, 0.05) is 11.0 Å². The molecule has 0 fully saturated rings. The molecule has 3 rings (SSSR count). The van der Waals surface area contributed by atoms with E-state index in [4.69, 9.17) is 4.42 Å². The molecule has 120 valence electrons. The van der Waals surface area contributed by atoms with E-state index in [1.807, 2.05) is 24.4 Å². The highest BCUT2D eigenvalue weighted by molar-refractivity contribution is 9.10. The van der Waals surface area contributed by atoms with Gasteiger partial charge in [0.2, 0.25) is 26.6 Å². The van der Waals surface area contributed by atoms with Crippen LogP contribution in [0.3, 0.4) is 0 Å². The van der Waals surface area contributed by atoms with E-state index < -0.39 is 9.84 Å². The second-order valence-corrected chi connectivity index (χ2v) is 8.35. The maximum Gasteiger partial charge on any atom is 0.240 e. The van der Waals surface area contributed by atoms with Gasteiger partial charge >= 0.3 is 0 Å². The van der Waals surface area contributed by atoms with Crippen molar-refractivity contribution in [2.45, 2.75) is 16.8 Å². The number of nitrogens with one attached hydrogen (secondary N) is 1. The quantitative estimate of drug-likeness (QED) is 0.670. The van der Waals surface area contributed by atoms with Gasteiger partial charge in [-0.2, -0.15) is 4.98 Å². The average molecular weight is 413 g/mol. The molecule has 0 aliphatic carbocycles. The number of halogens is 1. The third-order valence-electron chi connectivity index (χ3n) is 3.04. The van der Waals surface area contributed by atoms with Crippen molar-refractivity contribution >= 4 is 43.0 Å². The molecule has 2 aromatic heterocycles. The topological polar surface area (TPSA) is 72.2 Å². The van der Waals surface area contributed by atoms with Gasteiger partial charge < -0.3 is 9.73 Å². The second kappa shape index (κ2) is 6.46. The van der Waals surface area contributed by atoms with Crippen LogP contribution >= 0.6 is 27.3 Å². The van der Waals surface area contributed by atoms with Crippen molar-refractivity contribution in [1.82, 2.24) is 4.98 Å². The summed E-state index contributed by atoms with van der Waals surface area (Å²) in [6.45, 7) is 2.39. The van der Waals surface area contributed by atoms with Crippen molar-refractivity contribution in [3.8, 4) is 10.8 Å². The molecule has 0 saturated carbocycles. The summed E-state index contributed by atoms with van der Waals surface area (Å²) < 4.78 is 32.1. The van der Waals surface area contributed by atoms with Gasteiger partial charge in [0.1, 0.15) is 0 Å². The van der Waals surface area contributed by atoms with Crippen molar-refractivity contribution in [3.63, 3.8) is 0 Å². The van der Waals surface area contributed by atoms with Gasteiger partial charge in [-0.3, -0.25) is 0 Å². The summed E-state index contributed by atoms with van der Waals surface area (Å²) in [5.41, 5.74) is 0. The van der Waals surface area contributed by atoms with Crippen LogP contribution in [0.5, 0.6) is 0 Å². The normalized spacial score (nSPS) is 11.6. The van der Waals surface area contributed by atoms with Gasteiger partial charge in [-0.05, 0) is 42.6 Å². The molecule has 1 aromatic carbocycles. The van der Waals surface area contributed by atoms with E-state index in [0.717, 1.165) is 9.35 Å². The van der Waals surface area contributed by atoms with Gasteiger partial charge in [-0.25, -0.2) is 8.42 Å². The molecule has 0 atom stereocenters. The first kappa shape index (κ1) is 16.2. The van der Waals surface area contributed by atoms with E-state index in [9.17, 15) is 8.42 Å². The molecule has 1 N–H and O–H groups in total. The Balaban J connectivity index is 2.12. The Labute approximate surface area is 146 Å². The molecule has 3 aromatic rings. The number of benzene rings is 1. The van der Waals surface area contributed by atoms with Crippen LogP contribution < -0.4 is 5.32 Å². The predicted molar refractivity (Wildman–Crippen MR) is 93.6 cm³/mol. The Bertz CT molecular complexity index is 901. The summed E-state index contributed by atoms with van der Waals surface area (Å²) in [6.07, 6.45) is 0. The SMILES string of the molecule is CCNc1oc(-c2cccs2)nc1S(=O)(=O)c1ccc(Br)cc1. The third-order valence-corrected chi connectivity index (χ3v) is 6.11. The van der Waals surface area contributed by atoms with Gasteiger partial charge in [0.05, 0.1) is 9.77 Å². The highest BCUT2D eigenvalue weighted by Gasteiger charge is 2.28. The van der Waals surface area contributed by atoms with Crippen LogP contribution in [0, 0.1) is 0 Å². The summed E-state index contributed by atoms with van der Waals surface area (Å²) in [5.74, 6) is 0.463. The number of oxazole rings is 1. The molecule has 2 heterocycles. The molecule has 0 aliphatic heterocycles. The molecule has 0 aliphatic rings. The number of hydrogen-bond donors (Lipinski definition) is 1. The first-order chi connectivity index (χ1) is 11.0. The van der Waals surface area contributed by atoms with E-state index in [0.29, 0.717) is 12.4 Å². The largest absolute Gasteiger partial charge is 0.418 e. The van der Waals surface area contributed by atoms with E-state index in [1.54, 1.807) is 12.1 Å². The average Bonchev–Trinajstić information content (AvgIpc) is 3.17. The summed E-state index contributed by atoms with van der Waals surface area (Å²) in [7, 11) is -3.76. The van der Waals surface area contributed by atoms with Crippen LogP contribution in [-0.2, 0) is 9.84 Å². The first-order valence-electron chi connectivity index (χ1n) is 6.81. The number of thiophene rings is 1. The lowest BCUT2D eigenvalue weighted by Crippen LogP contribution is -2.07. The predicted octanol–water partition coefficient (Wildman–Crippen LogP) is 4.43. The van der Waals surface area contributed by atoms with E-state index in [2.05, 4.69) is 26.2 Å². The van der Waals surface area contributed by atoms with Crippen LogP contribution in [0.4, 0.5) is 5.88 Å². The number of sulfone groups is 1. The molecule has 5 nitrogen and oxygen atoms in total. The van der Waals surface area contributed by atoms with Crippen LogP contribution in [0.25, 0.3) is 10.8 Å². The Kier molecular flexibility index (Phi) is 4.56. The zero-order chi connectivity index (χ0) is 16.4. The van der Waals surface area contributed by atoms with Gasteiger partial charge in [0.25, 0.3) is 0 Å². The van der Waals surface area contributed by atoms with Crippen LogP contribution in [0.15, 0.2) is 60.6 Å². The molecular weight excluding hydrogens is 400 g/mol. The van der Waals surface area contributed by atoms with Gasteiger partial charge in [-0.1, -0.05) is 22.0 Å². The second-order valence-electron chi connectivity index (χ2n) is 4.62. The fraction of sp³-hybridized carbons (Fsp3) is 0.133. The van der Waals surface area contributed by atoms with E-state index in [-0.39, 0.29) is 15.8 Å².